The van der Waals surface area contributed by atoms with Crippen LogP contribution < -0.4 is 4.72 Å². The third-order valence-electron chi connectivity index (χ3n) is 2.62. The lowest BCUT2D eigenvalue weighted by atomic mass is 9.96. The molecule has 2 unspecified atom stereocenters. The fourth-order valence-corrected chi connectivity index (χ4v) is 3.44. The van der Waals surface area contributed by atoms with Crippen molar-refractivity contribution in [2.24, 2.45) is 0 Å². The minimum absolute atomic E-state index is 0.0798. The summed E-state index contributed by atoms with van der Waals surface area (Å²) in [7, 11) is -3.11. The maximum Gasteiger partial charge on any atom is 0.214 e. The highest BCUT2D eigenvalue weighted by molar-refractivity contribution is 9.09. The first-order valence-corrected chi connectivity index (χ1v) is 7.55. The highest BCUT2D eigenvalue weighted by Gasteiger charge is 2.28. The fourth-order valence-electron chi connectivity index (χ4n) is 1.57. The van der Waals surface area contributed by atoms with Gasteiger partial charge in [-0.25, -0.2) is 13.1 Å². The van der Waals surface area contributed by atoms with Crippen LogP contribution in [0.2, 0.25) is 0 Å². The number of hydrogen-bond acceptors (Lipinski definition) is 2. The van der Waals surface area contributed by atoms with E-state index in [0.29, 0.717) is 4.83 Å². The molecule has 0 amide bonds. The average Bonchev–Trinajstić information content (AvgIpc) is 2.08. The molecule has 1 aliphatic carbocycles. The number of alkyl halides is 1. The zero-order valence-electron chi connectivity index (χ0n) is 8.66. The van der Waals surface area contributed by atoms with Crippen molar-refractivity contribution >= 4 is 26.0 Å². The molecular weight excluding hydrogens is 266 g/mol. The maximum atomic E-state index is 11.6. The van der Waals surface area contributed by atoms with Crippen molar-refractivity contribution in [3.63, 3.8) is 0 Å². The molecule has 1 N–H and O–H groups in total. The van der Waals surface area contributed by atoms with Crippen LogP contribution in [0.3, 0.4) is 0 Å². The first-order valence-electron chi connectivity index (χ1n) is 5.08. The van der Waals surface area contributed by atoms with E-state index in [1.165, 1.54) is 6.42 Å². The van der Waals surface area contributed by atoms with Gasteiger partial charge < -0.3 is 0 Å². The summed E-state index contributed by atoms with van der Waals surface area (Å²) in [6, 6.07) is 0.0798. The SMILES string of the molecule is CC(C)S(=O)(=O)NC1CCCCC1Br. The van der Waals surface area contributed by atoms with Gasteiger partial charge in [-0.3, -0.25) is 0 Å². The minimum Gasteiger partial charge on any atom is -0.212 e. The molecule has 0 bridgehead atoms. The van der Waals surface area contributed by atoms with Crippen molar-refractivity contribution in [3.05, 3.63) is 0 Å². The van der Waals surface area contributed by atoms with Crippen LogP contribution in [0.15, 0.2) is 0 Å². The smallest absolute Gasteiger partial charge is 0.212 e. The molecule has 2 atom stereocenters. The number of sulfonamides is 1. The van der Waals surface area contributed by atoms with Gasteiger partial charge in [-0.05, 0) is 26.7 Å². The van der Waals surface area contributed by atoms with E-state index in [-0.39, 0.29) is 11.3 Å². The topological polar surface area (TPSA) is 46.2 Å². The molecule has 0 radical (unpaired) electrons. The van der Waals surface area contributed by atoms with Gasteiger partial charge in [0.15, 0.2) is 0 Å². The predicted molar refractivity (Wildman–Crippen MR) is 62.2 cm³/mol. The van der Waals surface area contributed by atoms with Gasteiger partial charge in [-0.15, -0.1) is 0 Å². The second-order valence-electron chi connectivity index (χ2n) is 4.12. The Bertz CT molecular complexity index is 277. The van der Waals surface area contributed by atoms with Gasteiger partial charge >= 0.3 is 0 Å². The van der Waals surface area contributed by atoms with E-state index in [1.807, 2.05) is 0 Å². The summed E-state index contributed by atoms with van der Waals surface area (Å²) in [5, 5.41) is -0.343. The van der Waals surface area contributed by atoms with Gasteiger partial charge in [0.2, 0.25) is 10.0 Å². The van der Waals surface area contributed by atoms with Crippen molar-refractivity contribution in [2.75, 3.05) is 0 Å². The van der Waals surface area contributed by atoms with Crippen LogP contribution in [-0.2, 0) is 10.0 Å². The molecule has 0 heterocycles. The van der Waals surface area contributed by atoms with Crippen LogP contribution in [0.4, 0.5) is 0 Å². The van der Waals surface area contributed by atoms with Crippen LogP contribution in [0.25, 0.3) is 0 Å². The Kier molecular flexibility index (Phi) is 4.40. The first kappa shape index (κ1) is 12.5. The molecule has 0 aromatic rings. The maximum absolute atomic E-state index is 11.6. The summed E-state index contributed by atoms with van der Waals surface area (Å²) < 4.78 is 26.0. The molecule has 1 aliphatic rings. The molecule has 84 valence electrons. The van der Waals surface area contributed by atoms with Crippen molar-refractivity contribution in [1.82, 2.24) is 4.72 Å². The van der Waals surface area contributed by atoms with Crippen LogP contribution in [0, 0.1) is 0 Å². The van der Waals surface area contributed by atoms with Gasteiger partial charge in [-0.1, -0.05) is 28.8 Å². The number of nitrogens with one attached hydrogen (secondary N) is 1. The molecule has 0 spiro atoms. The van der Waals surface area contributed by atoms with E-state index in [1.54, 1.807) is 13.8 Å². The quantitative estimate of drug-likeness (QED) is 0.806. The van der Waals surface area contributed by atoms with Crippen LogP contribution in [0.1, 0.15) is 39.5 Å². The predicted octanol–water partition coefficient (Wildman–Crippen LogP) is 2.02. The van der Waals surface area contributed by atoms with Crippen molar-refractivity contribution in [3.8, 4) is 0 Å². The first-order chi connectivity index (χ1) is 6.43. The number of halogens is 1. The Morgan fingerprint density at radius 3 is 2.36 bits per heavy atom. The molecule has 3 nitrogen and oxygen atoms in total. The average molecular weight is 284 g/mol. The molecule has 5 heteroatoms. The molecule has 1 rings (SSSR count). The minimum atomic E-state index is -3.11. The van der Waals surface area contributed by atoms with E-state index in [2.05, 4.69) is 20.7 Å². The summed E-state index contributed by atoms with van der Waals surface area (Å²) >= 11 is 3.53. The van der Waals surface area contributed by atoms with E-state index >= 15 is 0 Å². The lowest BCUT2D eigenvalue weighted by Crippen LogP contribution is -2.45. The van der Waals surface area contributed by atoms with Gasteiger partial charge in [0.05, 0.1) is 5.25 Å². The summed E-state index contributed by atoms with van der Waals surface area (Å²) in [6.45, 7) is 3.41. The van der Waals surface area contributed by atoms with Crippen molar-refractivity contribution in [1.29, 1.82) is 0 Å². The Morgan fingerprint density at radius 1 is 1.29 bits per heavy atom. The molecule has 0 aromatic carbocycles. The molecule has 0 aromatic heterocycles. The monoisotopic (exact) mass is 283 g/mol. The van der Waals surface area contributed by atoms with E-state index in [4.69, 9.17) is 0 Å². The van der Waals surface area contributed by atoms with E-state index in [9.17, 15) is 8.42 Å². The summed E-state index contributed by atoms with van der Waals surface area (Å²) in [5.74, 6) is 0. The van der Waals surface area contributed by atoms with Crippen LogP contribution in [-0.4, -0.2) is 24.5 Å². The lowest BCUT2D eigenvalue weighted by Gasteiger charge is -2.28. The Labute approximate surface area is 94.8 Å². The van der Waals surface area contributed by atoms with Gasteiger partial charge in [0.25, 0.3) is 0 Å². The standard InChI is InChI=1S/C9H18BrNO2S/c1-7(2)14(12,13)11-9-6-4-3-5-8(9)10/h7-9,11H,3-6H2,1-2H3. The van der Waals surface area contributed by atoms with Crippen LogP contribution in [0.5, 0.6) is 0 Å². The molecule has 1 saturated carbocycles. The summed E-state index contributed by atoms with van der Waals surface area (Å²) in [6.07, 6.45) is 4.32. The largest absolute Gasteiger partial charge is 0.214 e. The normalized spacial score (nSPS) is 29.4. The second-order valence-corrected chi connectivity index (χ2v) is 7.56. The molecule has 0 saturated heterocycles. The Hall–Kier alpha value is 0.390. The third-order valence-corrected chi connectivity index (χ3v) is 5.59. The van der Waals surface area contributed by atoms with Crippen molar-refractivity contribution < 1.29 is 8.42 Å². The summed E-state index contributed by atoms with van der Waals surface area (Å²) in [5.41, 5.74) is 0. The van der Waals surface area contributed by atoms with Crippen LogP contribution >= 0.6 is 15.9 Å². The zero-order chi connectivity index (χ0) is 10.8. The number of hydrogen-bond donors (Lipinski definition) is 1. The van der Waals surface area contributed by atoms with Gasteiger partial charge in [0, 0.05) is 10.9 Å². The van der Waals surface area contributed by atoms with Crippen molar-refractivity contribution in [2.45, 2.75) is 55.6 Å². The fraction of sp³-hybridized carbons (Fsp3) is 1.00. The lowest BCUT2D eigenvalue weighted by molar-refractivity contribution is 0.426. The van der Waals surface area contributed by atoms with E-state index in [0.717, 1.165) is 19.3 Å². The summed E-state index contributed by atoms with van der Waals surface area (Å²) in [4.78, 5) is 0.296. The highest BCUT2D eigenvalue weighted by Crippen LogP contribution is 2.25. The van der Waals surface area contributed by atoms with Gasteiger partial charge in [0.1, 0.15) is 0 Å². The zero-order valence-corrected chi connectivity index (χ0v) is 11.1. The third kappa shape index (κ3) is 3.21. The van der Waals surface area contributed by atoms with Gasteiger partial charge in [-0.2, -0.15) is 0 Å². The second kappa shape index (κ2) is 4.94. The molecule has 0 aliphatic heterocycles. The molecular formula is C9H18BrNO2S. The Balaban J connectivity index is 2.58. The highest BCUT2D eigenvalue weighted by atomic mass is 79.9. The number of rotatable bonds is 3. The Morgan fingerprint density at radius 2 is 1.86 bits per heavy atom. The molecule has 14 heavy (non-hydrogen) atoms. The molecule has 1 fully saturated rings. The van der Waals surface area contributed by atoms with E-state index < -0.39 is 10.0 Å².